The van der Waals surface area contributed by atoms with Gasteiger partial charge in [-0.15, -0.1) is 21.5 Å². The second-order valence-corrected chi connectivity index (χ2v) is 9.02. The molecule has 0 saturated carbocycles. The number of aromatic hydroxyl groups is 1. The molecule has 4 rings (SSSR count). The maximum atomic E-state index is 13.7. The molecular formula is C24H24N6O3S. The summed E-state index contributed by atoms with van der Waals surface area (Å²) in [6.45, 7) is 5.81. The first-order valence-electron chi connectivity index (χ1n) is 11.0. The van der Waals surface area contributed by atoms with E-state index < -0.39 is 17.5 Å². The molecule has 4 aromatic rings. The molecule has 1 atom stereocenters. The molecule has 34 heavy (non-hydrogen) atoms. The molecule has 10 heteroatoms. The van der Waals surface area contributed by atoms with Crippen LogP contribution >= 0.6 is 11.3 Å². The molecule has 0 amide bonds. The average Bonchev–Trinajstić information content (AvgIpc) is 3.46. The third kappa shape index (κ3) is 4.75. The van der Waals surface area contributed by atoms with E-state index in [1.54, 1.807) is 18.2 Å². The first kappa shape index (κ1) is 23.3. The largest absolute Gasteiger partial charge is 0.493 e. The molecule has 0 aliphatic carbocycles. The third-order valence-electron chi connectivity index (χ3n) is 5.49. The van der Waals surface area contributed by atoms with E-state index in [0.29, 0.717) is 24.2 Å². The highest BCUT2D eigenvalue weighted by atomic mass is 32.1. The van der Waals surface area contributed by atoms with Crippen molar-refractivity contribution in [3.8, 4) is 23.4 Å². The molecule has 174 valence electrons. The minimum absolute atomic E-state index is 0.0919. The van der Waals surface area contributed by atoms with Crippen molar-refractivity contribution >= 4 is 11.3 Å². The maximum Gasteiger partial charge on any atom is 0.270 e. The molecule has 1 aromatic carbocycles. The molecular weight excluding hydrogens is 452 g/mol. The Morgan fingerprint density at radius 1 is 1.29 bits per heavy atom. The van der Waals surface area contributed by atoms with Crippen molar-refractivity contribution in [2.45, 2.75) is 52.5 Å². The van der Waals surface area contributed by atoms with E-state index in [-0.39, 0.29) is 17.3 Å². The van der Waals surface area contributed by atoms with E-state index in [9.17, 15) is 15.2 Å². The van der Waals surface area contributed by atoms with E-state index in [0.717, 1.165) is 29.1 Å². The van der Waals surface area contributed by atoms with E-state index in [4.69, 9.17) is 4.42 Å². The molecule has 0 saturated heterocycles. The van der Waals surface area contributed by atoms with Crippen LogP contribution in [0.3, 0.4) is 0 Å². The summed E-state index contributed by atoms with van der Waals surface area (Å²) in [6.07, 6.45) is 2.54. The van der Waals surface area contributed by atoms with Crippen LogP contribution in [0.4, 0.5) is 0 Å². The Morgan fingerprint density at radius 2 is 2.12 bits per heavy atom. The normalized spacial score (nSPS) is 11.9. The van der Waals surface area contributed by atoms with Gasteiger partial charge in [-0.25, -0.2) is 4.98 Å². The van der Waals surface area contributed by atoms with E-state index >= 15 is 0 Å². The van der Waals surface area contributed by atoms with E-state index in [1.807, 2.05) is 32.2 Å². The van der Waals surface area contributed by atoms with Gasteiger partial charge in [0, 0.05) is 11.8 Å². The Hall–Kier alpha value is -3.84. The highest BCUT2D eigenvalue weighted by Crippen LogP contribution is 2.27. The van der Waals surface area contributed by atoms with Crippen LogP contribution in [-0.2, 0) is 12.8 Å². The number of thiazole rings is 1. The molecule has 0 fully saturated rings. The molecule has 0 unspecified atom stereocenters. The minimum atomic E-state index is -0.479. The number of benzene rings is 1. The summed E-state index contributed by atoms with van der Waals surface area (Å²) >= 11 is 1.52. The number of hydrogen-bond acceptors (Lipinski definition) is 9. The summed E-state index contributed by atoms with van der Waals surface area (Å²) in [5.41, 5.74) is 1.45. The van der Waals surface area contributed by atoms with Gasteiger partial charge in [0.1, 0.15) is 5.82 Å². The summed E-state index contributed by atoms with van der Waals surface area (Å²) < 4.78 is 7.27. The van der Waals surface area contributed by atoms with Crippen molar-refractivity contribution in [1.29, 1.82) is 5.26 Å². The smallest absolute Gasteiger partial charge is 0.270 e. The van der Waals surface area contributed by atoms with Gasteiger partial charge < -0.3 is 9.52 Å². The Bertz CT molecular complexity index is 1410. The quantitative estimate of drug-likeness (QED) is 0.401. The minimum Gasteiger partial charge on any atom is -0.493 e. The number of unbranched alkanes of at least 4 members (excludes halogenated alkanes) is 1. The number of nitriles is 1. The zero-order valence-electron chi connectivity index (χ0n) is 19.1. The number of aromatic nitrogens is 5. The molecule has 0 aliphatic heterocycles. The molecule has 0 aliphatic rings. The molecule has 3 aromatic heterocycles. The second kappa shape index (κ2) is 9.97. The standard InChI is InChI=1S/C24H24N6O3S/c1-4-5-9-19-27-22(31)21(23-29-28-20(33-23)11-18-13-34-15(3)26-18)24(32)30(19)14(2)17-8-6-7-16(10-17)12-25/h6-8,10,13-14,31H,4-5,9,11H2,1-3H3/t14-/m0/s1. The molecule has 0 spiro atoms. The van der Waals surface area contributed by atoms with Gasteiger partial charge in [-0.3, -0.25) is 9.36 Å². The topological polar surface area (TPSA) is 131 Å². The first-order valence-corrected chi connectivity index (χ1v) is 11.9. The Balaban J connectivity index is 1.78. The van der Waals surface area contributed by atoms with Crippen molar-refractivity contribution in [2.75, 3.05) is 0 Å². The lowest BCUT2D eigenvalue weighted by molar-refractivity contribution is 0.431. The Labute approximate surface area is 200 Å². The first-order chi connectivity index (χ1) is 16.4. The summed E-state index contributed by atoms with van der Waals surface area (Å²) in [7, 11) is 0. The predicted octanol–water partition coefficient (Wildman–Crippen LogP) is 4.18. The predicted molar refractivity (Wildman–Crippen MR) is 127 cm³/mol. The summed E-state index contributed by atoms with van der Waals surface area (Å²) in [5.74, 6) is 0.215. The average molecular weight is 477 g/mol. The third-order valence-corrected chi connectivity index (χ3v) is 6.31. The van der Waals surface area contributed by atoms with Gasteiger partial charge in [0.05, 0.1) is 34.8 Å². The summed E-state index contributed by atoms with van der Waals surface area (Å²) in [6, 6.07) is 8.78. The van der Waals surface area contributed by atoms with Gasteiger partial charge in [-0.05, 0) is 38.0 Å². The van der Waals surface area contributed by atoms with Crippen LogP contribution in [0.1, 0.15) is 66.3 Å². The van der Waals surface area contributed by atoms with Crippen LogP contribution in [0.15, 0.2) is 38.9 Å². The monoisotopic (exact) mass is 476 g/mol. The fourth-order valence-electron chi connectivity index (χ4n) is 3.75. The molecule has 3 heterocycles. The van der Waals surface area contributed by atoms with Gasteiger partial charge in [0.2, 0.25) is 11.8 Å². The van der Waals surface area contributed by atoms with Crippen LogP contribution in [0, 0.1) is 18.3 Å². The van der Waals surface area contributed by atoms with E-state index in [1.165, 1.54) is 15.9 Å². The highest BCUT2D eigenvalue weighted by Gasteiger charge is 2.25. The maximum absolute atomic E-state index is 13.7. The van der Waals surface area contributed by atoms with Gasteiger partial charge in [-0.1, -0.05) is 25.5 Å². The molecule has 0 bridgehead atoms. The van der Waals surface area contributed by atoms with Crippen molar-refractivity contribution in [3.05, 3.63) is 73.5 Å². The molecule has 0 radical (unpaired) electrons. The van der Waals surface area contributed by atoms with Gasteiger partial charge >= 0.3 is 0 Å². The van der Waals surface area contributed by atoms with Crippen molar-refractivity contribution in [3.63, 3.8) is 0 Å². The number of aryl methyl sites for hydroxylation is 2. The fraction of sp³-hybridized carbons (Fsp3) is 0.333. The van der Waals surface area contributed by atoms with Gasteiger partial charge in [-0.2, -0.15) is 10.2 Å². The number of nitrogens with zero attached hydrogens (tertiary/aromatic N) is 6. The lowest BCUT2D eigenvalue weighted by Crippen LogP contribution is -2.30. The lowest BCUT2D eigenvalue weighted by Gasteiger charge is -2.20. The summed E-state index contributed by atoms with van der Waals surface area (Å²) in [5, 5.41) is 30.8. The van der Waals surface area contributed by atoms with Crippen LogP contribution in [0.2, 0.25) is 0 Å². The van der Waals surface area contributed by atoms with Crippen molar-refractivity contribution < 1.29 is 9.52 Å². The second-order valence-electron chi connectivity index (χ2n) is 7.95. The summed E-state index contributed by atoms with van der Waals surface area (Å²) in [4.78, 5) is 22.4. The van der Waals surface area contributed by atoms with Crippen LogP contribution in [0.5, 0.6) is 5.88 Å². The fourth-order valence-corrected chi connectivity index (χ4v) is 4.36. The SMILES string of the molecule is CCCCc1nc(O)c(-c2nnc(Cc3csc(C)n3)o2)c(=O)n1[C@@H](C)c1cccc(C#N)c1. The zero-order chi connectivity index (χ0) is 24.2. The lowest BCUT2D eigenvalue weighted by atomic mass is 10.0. The van der Waals surface area contributed by atoms with Crippen LogP contribution in [0.25, 0.3) is 11.5 Å². The van der Waals surface area contributed by atoms with Crippen molar-refractivity contribution in [1.82, 2.24) is 24.7 Å². The zero-order valence-corrected chi connectivity index (χ0v) is 20.0. The van der Waals surface area contributed by atoms with Crippen molar-refractivity contribution in [2.24, 2.45) is 0 Å². The Morgan fingerprint density at radius 3 is 2.82 bits per heavy atom. The molecule has 1 N–H and O–H groups in total. The molecule has 9 nitrogen and oxygen atoms in total. The van der Waals surface area contributed by atoms with E-state index in [2.05, 4.69) is 26.2 Å². The highest BCUT2D eigenvalue weighted by molar-refractivity contribution is 7.09. The van der Waals surface area contributed by atoms with Crippen LogP contribution < -0.4 is 5.56 Å². The van der Waals surface area contributed by atoms with Gasteiger partial charge in [0.15, 0.2) is 5.56 Å². The van der Waals surface area contributed by atoms with Crippen LogP contribution in [-0.4, -0.2) is 29.8 Å². The number of rotatable bonds is 8. The Kier molecular flexibility index (Phi) is 6.84. The number of hydrogen-bond donors (Lipinski definition) is 1. The van der Waals surface area contributed by atoms with Gasteiger partial charge in [0.25, 0.3) is 11.4 Å².